The van der Waals surface area contributed by atoms with Crippen molar-refractivity contribution in [3.63, 3.8) is 0 Å². The number of nitro benzene ring substituents is 1. The molecule has 1 amide bonds. The van der Waals surface area contributed by atoms with Gasteiger partial charge in [0.15, 0.2) is 0 Å². The number of benzene rings is 1. The first-order valence-corrected chi connectivity index (χ1v) is 5.49. The van der Waals surface area contributed by atoms with E-state index in [1.165, 1.54) is 0 Å². The molecular formula is C11H11F3N2O4. The zero-order valence-corrected chi connectivity index (χ0v) is 10.1. The van der Waals surface area contributed by atoms with Crippen LogP contribution in [0.1, 0.15) is 10.4 Å². The van der Waals surface area contributed by atoms with Crippen LogP contribution in [0.3, 0.4) is 0 Å². The van der Waals surface area contributed by atoms with Gasteiger partial charge in [-0.2, -0.15) is 0 Å². The summed E-state index contributed by atoms with van der Waals surface area (Å²) in [4.78, 5) is 22.0. The van der Waals surface area contributed by atoms with Gasteiger partial charge in [0.1, 0.15) is 5.82 Å². The molecule has 0 aliphatic rings. The highest BCUT2D eigenvalue weighted by Crippen LogP contribution is 2.18. The average molecular weight is 292 g/mol. The number of hydrogen-bond donors (Lipinski definition) is 1. The van der Waals surface area contributed by atoms with Crippen molar-refractivity contribution in [2.24, 2.45) is 0 Å². The van der Waals surface area contributed by atoms with Gasteiger partial charge in [0.05, 0.1) is 29.7 Å². The second kappa shape index (κ2) is 6.85. The van der Waals surface area contributed by atoms with Gasteiger partial charge < -0.3 is 10.0 Å². The number of nitrogens with zero attached hydrogens (tertiary/aromatic N) is 2. The van der Waals surface area contributed by atoms with Crippen LogP contribution in [0.25, 0.3) is 0 Å². The zero-order valence-electron chi connectivity index (χ0n) is 10.1. The third-order valence-electron chi connectivity index (χ3n) is 2.41. The standard InChI is InChI=1S/C11H11F3N2O4/c12-9-5-7(16(19)20)1-2-8(9)11(18)15(3-4-17)6-10(13)14/h1-2,5,10,17H,3-4,6H2. The second-order valence-electron chi connectivity index (χ2n) is 3.79. The Bertz CT molecular complexity index is 510. The molecule has 0 saturated heterocycles. The van der Waals surface area contributed by atoms with E-state index >= 15 is 0 Å². The molecule has 1 N–H and O–H groups in total. The number of amides is 1. The van der Waals surface area contributed by atoms with Crippen LogP contribution in [0.15, 0.2) is 18.2 Å². The van der Waals surface area contributed by atoms with Crippen LogP contribution in [-0.4, -0.2) is 47.0 Å². The van der Waals surface area contributed by atoms with E-state index in [0.717, 1.165) is 12.1 Å². The third-order valence-corrected chi connectivity index (χ3v) is 2.41. The van der Waals surface area contributed by atoms with Gasteiger partial charge in [-0.15, -0.1) is 0 Å². The van der Waals surface area contributed by atoms with E-state index in [4.69, 9.17) is 5.11 Å². The molecule has 0 unspecified atom stereocenters. The lowest BCUT2D eigenvalue weighted by Crippen LogP contribution is -2.37. The molecule has 0 aliphatic carbocycles. The van der Waals surface area contributed by atoms with E-state index in [2.05, 4.69) is 0 Å². The fraction of sp³-hybridized carbons (Fsp3) is 0.364. The molecule has 0 aromatic heterocycles. The Balaban J connectivity index is 3.02. The van der Waals surface area contributed by atoms with Crippen LogP contribution in [0.4, 0.5) is 18.9 Å². The fourth-order valence-electron chi connectivity index (χ4n) is 1.52. The minimum absolute atomic E-state index is 0.389. The molecule has 0 fully saturated rings. The molecule has 1 aromatic rings. The molecule has 6 nitrogen and oxygen atoms in total. The van der Waals surface area contributed by atoms with Gasteiger partial charge in [-0.1, -0.05) is 0 Å². The third kappa shape index (κ3) is 3.92. The lowest BCUT2D eigenvalue weighted by Gasteiger charge is -2.21. The Hall–Kier alpha value is -2.16. The van der Waals surface area contributed by atoms with Crippen LogP contribution < -0.4 is 0 Å². The number of aliphatic hydroxyl groups excluding tert-OH is 1. The number of carbonyl (C=O) groups is 1. The molecule has 0 aliphatic heterocycles. The summed E-state index contributed by atoms with van der Waals surface area (Å²) in [5.74, 6) is -2.24. The van der Waals surface area contributed by atoms with Crippen molar-refractivity contribution >= 4 is 11.6 Å². The smallest absolute Gasteiger partial charge is 0.272 e. The van der Waals surface area contributed by atoms with E-state index in [9.17, 15) is 28.1 Å². The maximum atomic E-state index is 13.6. The molecule has 0 heterocycles. The number of non-ortho nitro benzene ring substituents is 1. The molecule has 1 rings (SSSR count). The predicted octanol–water partition coefficient (Wildman–Crippen LogP) is 1.43. The summed E-state index contributed by atoms with van der Waals surface area (Å²) in [6.07, 6.45) is -2.84. The van der Waals surface area contributed by atoms with E-state index < -0.39 is 47.5 Å². The highest BCUT2D eigenvalue weighted by Gasteiger charge is 2.23. The Morgan fingerprint density at radius 2 is 2.10 bits per heavy atom. The van der Waals surface area contributed by atoms with Crippen molar-refractivity contribution in [1.29, 1.82) is 0 Å². The first kappa shape index (κ1) is 15.9. The Labute approximate surface area is 111 Å². The summed E-state index contributed by atoms with van der Waals surface area (Å²) in [7, 11) is 0. The summed E-state index contributed by atoms with van der Waals surface area (Å²) in [6.45, 7) is -1.91. The summed E-state index contributed by atoms with van der Waals surface area (Å²) in [5, 5.41) is 19.1. The Morgan fingerprint density at radius 3 is 2.55 bits per heavy atom. The SMILES string of the molecule is O=C(c1ccc([N+](=O)[O-])cc1F)N(CCO)CC(F)F. The lowest BCUT2D eigenvalue weighted by molar-refractivity contribution is -0.385. The number of halogens is 3. The van der Waals surface area contributed by atoms with Crippen LogP contribution in [0.5, 0.6) is 0 Å². The quantitative estimate of drug-likeness (QED) is 0.635. The maximum Gasteiger partial charge on any atom is 0.272 e. The van der Waals surface area contributed by atoms with Crippen LogP contribution in [-0.2, 0) is 0 Å². The number of aliphatic hydroxyl groups is 1. The van der Waals surface area contributed by atoms with Crippen LogP contribution in [0, 0.1) is 15.9 Å². The summed E-state index contributed by atoms with van der Waals surface area (Å²) in [6, 6.07) is 2.29. The normalized spacial score (nSPS) is 10.7. The number of rotatable bonds is 6. The first-order valence-electron chi connectivity index (χ1n) is 5.49. The molecular weight excluding hydrogens is 281 g/mol. The molecule has 0 atom stereocenters. The van der Waals surface area contributed by atoms with Crippen molar-refractivity contribution in [2.75, 3.05) is 19.7 Å². The first-order chi connectivity index (χ1) is 9.36. The fourth-order valence-corrected chi connectivity index (χ4v) is 1.52. The largest absolute Gasteiger partial charge is 0.395 e. The Morgan fingerprint density at radius 1 is 1.45 bits per heavy atom. The summed E-state index contributed by atoms with van der Waals surface area (Å²) < 4.78 is 38.2. The topological polar surface area (TPSA) is 83.7 Å². The van der Waals surface area contributed by atoms with Gasteiger partial charge in [0.2, 0.25) is 0 Å². The molecule has 20 heavy (non-hydrogen) atoms. The van der Waals surface area contributed by atoms with Gasteiger partial charge in [-0.25, -0.2) is 13.2 Å². The molecule has 0 bridgehead atoms. The predicted molar refractivity (Wildman–Crippen MR) is 62.0 cm³/mol. The lowest BCUT2D eigenvalue weighted by atomic mass is 10.1. The van der Waals surface area contributed by atoms with Gasteiger partial charge in [-0.3, -0.25) is 14.9 Å². The van der Waals surface area contributed by atoms with E-state index in [1.54, 1.807) is 0 Å². The number of hydrogen-bond acceptors (Lipinski definition) is 4. The van der Waals surface area contributed by atoms with Gasteiger partial charge in [0.25, 0.3) is 18.0 Å². The maximum absolute atomic E-state index is 13.6. The molecule has 110 valence electrons. The monoisotopic (exact) mass is 292 g/mol. The average Bonchev–Trinajstić information content (AvgIpc) is 2.36. The Kier molecular flexibility index (Phi) is 5.44. The van der Waals surface area contributed by atoms with Gasteiger partial charge >= 0.3 is 0 Å². The zero-order chi connectivity index (χ0) is 15.3. The van der Waals surface area contributed by atoms with E-state index in [-0.39, 0.29) is 6.54 Å². The van der Waals surface area contributed by atoms with E-state index in [0.29, 0.717) is 11.0 Å². The van der Waals surface area contributed by atoms with Crippen molar-refractivity contribution in [2.45, 2.75) is 6.43 Å². The van der Waals surface area contributed by atoms with Crippen molar-refractivity contribution in [1.82, 2.24) is 4.90 Å². The minimum atomic E-state index is -2.84. The molecule has 9 heteroatoms. The highest BCUT2D eigenvalue weighted by atomic mass is 19.3. The highest BCUT2D eigenvalue weighted by molar-refractivity contribution is 5.94. The van der Waals surface area contributed by atoms with Gasteiger partial charge in [-0.05, 0) is 6.07 Å². The van der Waals surface area contributed by atoms with Crippen LogP contribution in [0.2, 0.25) is 0 Å². The molecule has 0 radical (unpaired) electrons. The number of alkyl halides is 2. The molecule has 1 aromatic carbocycles. The van der Waals surface area contributed by atoms with Gasteiger partial charge in [0, 0.05) is 12.6 Å². The molecule has 0 spiro atoms. The number of nitro groups is 1. The van der Waals surface area contributed by atoms with Crippen LogP contribution >= 0.6 is 0 Å². The van der Waals surface area contributed by atoms with Crippen molar-refractivity contribution < 1.29 is 28.0 Å². The van der Waals surface area contributed by atoms with E-state index in [1.807, 2.05) is 0 Å². The van der Waals surface area contributed by atoms with Crippen molar-refractivity contribution in [3.05, 3.63) is 39.7 Å². The summed E-state index contributed by atoms with van der Waals surface area (Å²) in [5.41, 5.74) is -1.12. The number of carbonyl (C=O) groups excluding carboxylic acids is 1. The minimum Gasteiger partial charge on any atom is -0.395 e. The van der Waals surface area contributed by atoms with Crippen molar-refractivity contribution in [3.8, 4) is 0 Å². The molecule has 0 saturated carbocycles. The second-order valence-corrected chi connectivity index (χ2v) is 3.79. The summed E-state index contributed by atoms with van der Waals surface area (Å²) >= 11 is 0.